The topological polar surface area (TPSA) is 57.5 Å². The zero-order valence-electron chi connectivity index (χ0n) is 22.2. The van der Waals surface area contributed by atoms with Crippen molar-refractivity contribution < 1.29 is 15.0 Å². The molecule has 3 nitrogen and oxygen atoms in total. The molecule has 0 aliphatic heterocycles. The molecule has 5 aliphatic rings. The summed E-state index contributed by atoms with van der Waals surface area (Å²) in [5.41, 5.74) is 1.46. The predicted octanol–water partition coefficient (Wildman–Crippen LogP) is 7.09. The highest BCUT2D eigenvalue weighted by Crippen LogP contribution is 2.75. The van der Waals surface area contributed by atoms with E-state index in [1.807, 2.05) is 0 Å². The smallest absolute Gasteiger partial charge is 0.310 e. The van der Waals surface area contributed by atoms with Gasteiger partial charge in [-0.15, -0.1) is 0 Å². The number of hydrogen-bond acceptors (Lipinski definition) is 2. The lowest BCUT2D eigenvalue weighted by atomic mass is 9.33. The maximum absolute atomic E-state index is 12.8. The normalized spacial score (nSPS) is 55.3. The van der Waals surface area contributed by atoms with Crippen LogP contribution < -0.4 is 0 Å². The zero-order valence-corrected chi connectivity index (χ0v) is 22.2. The Morgan fingerprint density at radius 1 is 0.909 bits per heavy atom. The summed E-state index contributed by atoms with van der Waals surface area (Å²) in [5.74, 6) is 1.82. The lowest BCUT2D eigenvalue weighted by Gasteiger charge is -2.71. The van der Waals surface area contributed by atoms with Crippen molar-refractivity contribution in [3.8, 4) is 0 Å². The van der Waals surface area contributed by atoms with Crippen molar-refractivity contribution in [2.75, 3.05) is 0 Å². The number of hydrogen-bond donors (Lipinski definition) is 2. The molecule has 2 N–H and O–H groups in total. The number of aliphatic carboxylic acids is 1. The molecule has 4 saturated carbocycles. The van der Waals surface area contributed by atoms with Crippen molar-refractivity contribution in [3.05, 3.63) is 11.6 Å². The number of allylic oxidation sites excluding steroid dienone is 2. The molecule has 4 fully saturated rings. The number of rotatable bonds is 1. The van der Waals surface area contributed by atoms with Gasteiger partial charge in [0.05, 0.1) is 11.5 Å². The SMILES string of the molecule is C[C@H]1[C@H](C)CC[C@]2(C(=O)O)CC[C@]3(C)C(=CC[C@H]4[C@@]5(C)CC[C@H](O)C(C)(C)[C@@H]5CC[C@]43C)[C@@H]12. The van der Waals surface area contributed by atoms with Crippen LogP contribution in [0.3, 0.4) is 0 Å². The van der Waals surface area contributed by atoms with E-state index >= 15 is 0 Å². The van der Waals surface area contributed by atoms with Gasteiger partial charge in [0.1, 0.15) is 0 Å². The first-order chi connectivity index (χ1) is 15.3. The third kappa shape index (κ3) is 2.75. The molecule has 10 atom stereocenters. The molecule has 0 saturated heterocycles. The molecule has 186 valence electrons. The Morgan fingerprint density at radius 2 is 1.61 bits per heavy atom. The van der Waals surface area contributed by atoms with E-state index < -0.39 is 11.4 Å². The summed E-state index contributed by atoms with van der Waals surface area (Å²) in [6.45, 7) is 17.0. The second kappa shape index (κ2) is 7.11. The van der Waals surface area contributed by atoms with E-state index in [-0.39, 0.29) is 33.7 Å². The van der Waals surface area contributed by atoms with Gasteiger partial charge in [0.2, 0.25) is 0 Å². The molecule has 0 aromatic rings. The first-order valence-electron chi connectivity index (χ1n) is 13.9. The monoisotopic (exact) mass is 456 g/mol. The average Bonchev–Trinajstić information content (AvgIpc) is 2.74. The predicted molar refractivity (Wildman–Crippen MR) is 133 cm³/mol. The molecule has 0 aromatic heterocycles. The van der Waals surface area contributed by atoms with Crippen LogP contribution in [0.1, 0.15) is 106 Å². The van der Waals surface area contributed by atoms with Crippen molar-refractivity contribution in [2.45, 2.75) is 112 Å². The van der Waals surface area contributed by atoms with Crippen molar-refractivity contribution in [2.24, 2.45) is 56.7 Å². The van der Waals surface area contributed by atoms with E-state index in [0.29, 0.717) is 23.7 Å². The second-order valence-corrected chi connectivity index (χ2v) is 14.5. The molecular formula is C30H48O3. The average molecular weight is 457 g/mol. The Kier molecular flexibility index (Phi) is 5.15. The van der Waals surface area contributed by atoms with Crippen molar-refractivity contribution in [1.82, 2.24) is 0 Å². The van der Waals surface area contributed by atoms with Gasteiger partial charge in [-0.25, -0.2) is 0 Å². The number of carboxylic acids is 1. The molecule has 0 unspecified atom stereocenters. The lowest BCUT2D eigenvalue weighted by Crippen LogP contribution is -2.65. The van der Waals surface area contributed by atoms with Crippen molar-refractivity contribution >= 4 is 5.97 Å². The van der Waals surface area contributed by atoms with Crippen LogP contribution in [0, 0.1) is 56.7 Å². The summed E-state index contributed by atoms with van der Waals surface area (Å²) in [5, 5.41) is 21.4. The van der Waals surface area contributed by atoms with E-state index in [4.69, 9.17) is 0 Å². The van der Waals surface area contributed by atoms with Crippen molar-refractivity contribution in [3.63, 3.8) is 0 Å². The number of carbonyl (C=O) groups is 1. The Labute approximate surface area is 201 Å². The van der Waals surface area contributed by atoms with E-state index in [9.17, 15) is 15.0 Å². The van der Waals surface area contributed by atoms with Crippen LogP contribution in [0.2, 0.25) is 0 Å². The first-order valence-corrected chi connectivity index (χ1v) is 13.9. The third-order valence-corrected chi connectivity index (χ3v) is 13.4. The van der Waals surface area contributed by atoms with E-state index in [0.717, 1.165) is 44.9 Å². The number of aliphatic hydroxyl groups is 1. The van der Waals surface area contributed by atoms with Gasteiger partial charge in [-0.1, -0.05) is 60.1 Å². The largest absolute Gasteiger partial charge is 0.481 e. The maximum atomic E-state index is 12.8. The molecule has 0 bridgehead atoms. The van der Waals surface area contributed by atoms with Gasteiger partial charge in [0.15, 0.2) is 0 Å². The molecule has 0 radical (unpaired) electrons. The van der Waals surface area contributed by atoms with Gasteiger partial charge >= 0.3 is 5.97 Å². The van der Waals surface area contributed by atoms with Gasteiger partial charge in [-0.05, 0) is 109 Å². The fourth-order valence-electron chi connectivity index (χ4n) is 10.8. The van der Waals surface area contributed by atoms with Crippen LogP contribution >= 0.6 is 0 Å². The highest BCUT2D eigenvalue weighted by atomic mass is 16.4. The molecular weight excluding hydrogens is 408 g/mol. The Balaban J connectivity index is 1.61. The van der Waals surface area contributed by atoms with E-state index in [1.54, 1.807) is 0 Å². The van der Waals surface area contributed by atoms with E-state index in [1.165, 1.54) is 18.4 Å². The molecule has 5 aliphatic carbocycles. The summed E-state index contributed by atoms with van der Waals surface area (Å²) in [4.78, 5) is 12.8. The summed E-state index contributed by atoms with van der Waals surface area (Å²) < 4.78 is 0. The summed E-state index contributed by atoms with van der Waals surface area (Å²) in [6, 6.07) is 0. The molecule has 0 amide bonds. The number of aliphatic hydroxyl groups excluding tert-OH is 1. The minimum Gasteiger partial charge on any atom is -0.481 e. The van der Waals surface area contributed by atoms with Crippen molar-refractivity contribution in [1.29, 1.82) is 0 Å². The van der Waals surface area contributed by atoms with Crippen LogP contribution in [-0.2, 0) is 4.79 Å². The summed E-state index contributed by atoms with van der Waals surface area (Å²) >= 11 is 0. The minimum absolute atomic E-state index is 0.0302. The third-order valence-electron chi connectivity index (χ3n) is 13.4. The highest BCUT2D eigenvalue weighted by molar-refractivity contribution is 5.76. The first kappa shape index (κ1) is 23.9. The lowest BCUT2D eigenvalue weighted by molar-refractivity contribution is -0.206. The zero-order chi connectivity index (χ0) is 24.2. The van der Waals surface area contributed by atoms with Crippen LogP contribution in [-0.4, -0.2) is 22.3 Å². The summed E-state index contributed by atoms with van der Waals surface area (Å²) in [6.07, 6.45) is 11.6. The van der Waals surface area contributed by atoms with Crippen LogP contribution in [0.25, 0.3) is 0 Å². The van der Waals surface area contributed by atoms with Gasteiger partial charge in [-0.3, -0.25) is 4.79 Å². The molecule has 0 heterocycles. The van der Waals surface area contributed by atoms with Gasteiger partial charge < -0.3 is 10.2 Å². The number of fused-ring (bicyclic) bond motifs is 7. The second-order valence-electron chi connectivity index (χ2n) is 14.5. The quantitative estimate of drug-likeness (QED) is 0.414. The maximum Gasteiger partial charge on any atom is 0.310 e. The van der Waals surface area contributed by atoms with Gasteiger partial charge in [0.25, 0.3) is 0 Å². The van der Waals surface area contributed by atoms with Crippen LogP contribution in [0.4, 0.5) is 0 Å². The molecule has 0 aromatic carbocycles. The molecule has 3 heteroatoms. The Bertz CT molecular complexity index is 874. The van der Waals surface area contributed by atoms with Gasteiger partial charge in [0, 0.05) is 0 Å². The Morgan fingerprint density at radius 3 is 2.27 bits per heavy atom. The van der Waals surface area contributed by atoms with Crippen LogP contribution in [0.5, 0.6) is 0 Å². The number of carboxylic acid groups (broad SMARTS) is 1. The summed E-state index contributed by atoms with van der Waals surface area (Å²) in [7, 11) is 0. The van der Waals surface area contributed by atoms with E-state index in [2.05, 4.69) is 54.5 Å². The minimum atomic E-state index is -0.557. The molecule has 0 spiro atoms. The fourth-order valence-corrected chi connectivity index (χ4v) is 10.8. The molecule has 5 rings (SSSR count). The fraction of sp³-hybridized carbons (Fsp3) is 0.900. The standard InChI is InChI=1S/C30H48O3/c1-18-10-15-30(25(32)33)17-16-28(6)20(24(30)19(18)2)8-9-22-27(5)13-12-23(31)26(3,4)21(27)11-14-29(22,28)7/h8,18-19,21-24,31H,9-17H2,1-7H3,(H,32,33)/t18-,19+,21+,22+,23+,24-,27+,28-,29-,30+/m1/s1. The highest BCUT2D eigenvalue weighted by Gasteiger charge is 2.69. The van der Waals surface area contributed by atoms with Crippen LogP contribution in [0.15, 0.2) is 11.6 Å². The van der Waals surface area contributed by atoms with Gasteiger partial charge in [-0.2, -0.15) is 0 Å². The molecule has 33 heavy (non-hydrogen) atoms. The Hall–Kier alpha value is -0.830.